The second kappa shape index (κ2) is 6.69. The van der Waals surface area contributed by atoms with E-state index in [2.05, 4.69) is 10.3 Å². The van der Waals surface area contributed by atoms with Crippen molar-refractivity contribution in [1.29, 1.82) is 0 Å². The maximum atomic E-state index is 12.4. The lowest BCUT2D eigenvalue weighted by atomic mass is 10.1. The fourth-order valence-corrected chi connectivity index (χ4v) is 2.37. The molecule has 1 aromatic heterocycles. The summed E-state index contributed by atoms with van der Waals surface area (Å²) in [5, 5.41) is 2.95. The zero-order valence-electron chi connectivity index (χ0n) is 11.2. The van der Waals surface area contributed by atoms with Crippen LogP contribution >= 0.6 is 11.3 Å². The molecule has 1 N–H and O–H groups in total. The van der Waals surface area contributed by atoms with Crippen LogP contribution in [0.1, 0.15) is 28.9 Å². The van der Waals surface area contributed by atoms with Gasteiger partial charge in [0.25, 0.3) is 0 Å². The van der Waals surface area contributed by atoms with Crippen molar-refractivity contribution in [3.05, 3.63) is 47.0 Å². The van der Waals surface area contributed by atoms with Crippen molar-refractivity contribution in [2.24, 2.45) is 0 Å². The Morgan fingerprint density at radius 1 is 1.14 bits per heavy atom. The number of nitrogens with zero attached hydrogens (tertiary/aromatic N) is 1. The topological polar surface area (TPSA) is 59.1 Å². The average molecular weight is 328 g/mol. The van der Waals surface area contributed by atoms with Crippen LogP contribution in [-0.4, -0.2) is 16.7 Å². The Labute approximate surface area is 128 Å². The summed E-state index contributed by atoms with van der Waals surface area (Å²) in [5.41, 5.74) is -0.558. The highest BCUT2D eigenvalue weighted by atomic mass is 32.1. The predicted molar refractivity (Wildman–Crippen MR) is 75.8 cm³/mol. The second-order valence-corrected chi connectivity index (χ2v) is 5.23. The molecular formula is C14H11F3N2O2S. The van der Waals surface area contributed by atoms with Crippen LogP contribution in [0.4, 0.5) is 18.3 Å². The monoisotopic (exact) mass is 328 g/mol. The van der Waals surface area contributed by atoms with Crippen LogP contribution in [-0.2, 0) is 11.0 Å². The van der Waals surface area contributed by atoms with Gasteiger partial charge >= 0.3 is 6.18 Å². The Kier molecular flexibility index (Phi) is 4.92. The Balaban J connectivity index is 1.86. The predicted octanol–water partition coefficient (Wildman–Crippen LogP) is 3.76. The van der Waals surface area contributed by atoms with Crippen molar-refractivity contribution in [2.45, 2.75) is 19.0 Å². The SMILES string of the molecule is O=C(CCC(=O)c1ccccc1)Nc1nc(C(F)(F)F)cs1. The first kappa shape index (κ1) is 16.2. The maximum absolute atomic E-state index is 12.4. The number of carbonyl (C=O) groups excluding carboxylic acids is 2. The van der Waals surface area contributed by atoms with Gasteiger partial charge in [0.1, 0.15) is 0 Å². The molecule has 0 aliphatic heterocycles. The number of rotatable bonds is 5. The number of carbonyl (C=O) groups is 2. The summed E-state index contributed by atoms with van der Waals surface area (Å²) in [7, 11) is 0. The lowest BCUT2D eigenvalue weighted by Gasteiger charge is -2.03. The lowest BCUT2D eigenvalue weighted by molar-refractivity contribution is -0.140. The van der Waals surface area contributed by atoms with Crippen LogP contribution < -0.4 is 5.32 Å². The summed E-state index contributed by atoms with van der Waals surface area (Å²) in [6.07, 6.45) is -4.68. The van der Waals surface area contributed by atoms with Gasteiger partial charge in [-0.05, 0) is 0 Å². The Bertz CT molecular complexity index is 668. The first-order valence-electron chi connectivity index (χ1n) is 6.27. The van der Waals surface area contributed by atoms with Gasteiger partial charge in [-0.3, -0.25) is 9.59 Å². The average Bonchev–Trinajstić information content (AvgIpc) is 2.94. The number of anilines is 1. The third-order valence-corrected chi connectivity index (χ3v) is 3.47. The Morgan fingerprint density at radius 3 is 2.41 bits per heavy atom. The largest absolute Gasteiger partial charge is 0.434 e. The van der Waals surface area contributed by atoms with Crippen LogP contribution in [0.3, 0.4) is 0 Å². The van der Waals surface area contributed by atoms with Gasteiger partial charge in [-0.1, -0.05) is 30.3 Å². The van der Waals surface area contributed by atoms with Gasteiger partial charge in [0.15, 0.2) is 16.6 Å². The summed E-state index contributed by atoms with van der Waals surface area (Å²) < 4.78 is 37.1. The van der Waals surface area contributed by atoms with E-state index in [9.17, 15) is 22.8 Å². The minimum Gasteiger partial charge on any atom is -0.302 e. The number of hydrogen-bond donors (Lipinski definition) is 1. The minimum absolute atomic E-state index is 0.0205. The Hall–Kier alpha value is -2.22. The van der Waals surface area contributed by atoms with Crippen LogP contribution in [0, 0.1) is 0 Å². The molecule has 0 spiro atoms. The molecule has 8 heteroatoms. The van der Waals surface area contributed by atoms with Crippen LogP contribution in [0.5, 0.6) is 0 Å². The van der Waals surface area contributed by atoms with Crippen molar-refractivity contribution in [3.63, 3.8) is 0 Å². The molecule has 4 nitrogen and oxygen atoms in total. The van der Waals surface area contributed by atoms with E-state index >= 15 is 0 Å². The third kappa shape index (κ3) is 4.39. The van der Waals surface area contributed by atoms with E-state index in [0.717, 1.165) is 5.38 Å². The summed E-state index contributed by atoms with van der Waals surface area (Å²) in [4.78, 5) is 26.7. The van der Waals surface area contributed by atoms with Gasteiger partial charge < -0.3 is 5.32 Å². The number of benzene rings is 1. The number of ketones is 1. The summed E-state index contributed by atoms with van der Waals surface area (Å²) in [6.45, 7) is 0. The first-order valence-corrected chi connectivity index (χ1v) is 7.15. The van der Waals surface area contributed by atoms with Crippen LogP contribution in [0.15, 0.2) is 35.7 Å². The van der Waals surface area contributed by atoms with Gasteiger partial charge in [0.05, 0.1) is 0 Å². The fraction of sp³-hybridized carbons (Fsp3) is 0.214. The normalized spacial score (nSPS) is 11.2. The van der Waals surface area contributed by atoms with Crippen LogP contribution in [0.2, 0.25) is 0 Å². The van der Waals surface area contributed by atoms with E-state index in [-0.39, 0.29) is 23.8 Å². The van der Waals surface area contributed by atoms with Gasteiger partial charge in [0, 0.05) is 23.8 Å². The summed E-state index contributed by atoms with van der Waals surface area (Å²) >= 11 is 0.687. The molecule has 0 bridgehead atoms. The Morgan fingerprint density at radius 2 is 1.82 bits per heavy atom. The number of nitrogens with one attached hydrogen (secondary N) is 1. The molecule has 2 rings (SSSR count). The molecule has 2 aromatic rings. The van der Waals surface area contributed by atoms with E-state index in [0.29, 0.717) is 16.9 Å². The molecule has 0 radical (unpaired) electrons. The number of halogens is 3. The van der Waals surface area contributed by atoms with Gasteiger partial charge in [-0.2, -0.15) is 13.2 Å². The first-order chi connectivity index (χ1) is 10.4. The summed E-state index contributed by atoms with van der Waals surface area (Å²) in [5.74, 6) is -0.752. The quantitative estimate of drug-likeness (QED) is 0.850. The highest BCUT2D eigenvalue weighted by Gasteiger charge is 2.33. The fourth-order valence-electron chi connectivity index (χ4n) is 1.64. The maximum Gasteiger partial charge on any atom is 0.434 e. The highest BCUT2D eigenvalue weighted by molar-refractivity contribution is 7.13. The zero-order chi connectivity index (χ0) is 16.2. The number of amides is 1. The molecule has 0 saturated carbocycles. The zero-order valence-corrected chi connectivity index (χ0v) is 12.0. The number of Topliss-reactive ketones (excluding diaryl/α,β-unsaturated/α-hetero) is 1. The minimum atomic E-state index is -4.54. The van der Waals surface area contributed by atoms with Gasteiger partial charge in [-0.15, -0.1) is 11.3 Å². The molecule has 1 aromatic carbocycles. The summed E-state index contributed by atoms with van der Waals surface area (Å²) in [6, 6.07) is 8.46. The number of hydrogen-bond acceptors (Lipinski definition) is 4. The molecule has 116 valence electrons. The van der Waals surface area contributed by atoms with Crippen molar-refractivity contribution in [1.82, 2.24) is 4.98 Å². The molecule has 1 heterocycles. The molecule has 0 aliphatic carbocycles. The van der Waals surface area contributed by atoms with Gasteiger partial charge in [-0.25, -0.2) is 4.98 Å². The van der Waals surface area contributed by atoms with Gasteiger partial charge in [0.2, 0.25) is 5.91 Å². The van der Waals surface area contributed by atoms with Crippen molar-refractivity contribution in [3.8, 4) is 0 Å². The van der Waals surface area contributed by atoms with E-state index in [4.69, 9.17) is 0 Å². The molecule has 1 amide bonds. The molecule has 0 fully saturated rings. The standard InChI is InChI=1S/C14H11F3N2O2S/c15-14(16,17)11-8-22-13(18-11)19-12(21)7-6-10(20)9-4-2-1-3-5-9/h1-5,8H,6-7H2,(H,18,19,21). The van der Waals surface area contributed by atoms with Crippen molar-refractivity contribution in [2.75, 3.05) is 5.32 Å². The molecule has 0 aliphatic rings. The smallest absolute Gasteiger partial charge is 0.302 e. The molecule has 0 saturated heterocycles. The second-order valence-electron chi connectivity index (χ2n) is 4.37. The van der Waals surface area contributed by atoms with E-state index < -0.39 is 17.8 Å². The van der Waals surface area contributed by atoms with E-state index in [1.54, 1.807) is 30.3 Å². The molecular weight excluding hydrogens is 317 g/mol. The molecule has 0 atom stereocenters. The molecule has 0 unspecified atom stereocenters. The highest BCUT2D eigenvalue weighted by Crippen LogP contribution is 2.31. The van der Waals surface area contributed by atoms with Crippen LogP contribution in [0.25, 0.3) is 0 Å². The number of aromatic nitrogens is 1. The molecule has 22 heavy (non-hydrogen) atoms. The van der Waals surface area contributed by atoms with Crippen molar-refractivity contribution < 1.29 is 22.8 Å². The lowest BCUT2D eigenvalue weighted by Crippen LogP contribution is -2.14. The van der Waals surface area contributed by atoms with Crippen molar-refractivity contribution >= 4 is 28.2 Å². The number of alkyl halides is 3. The third-order valence-electron chi connectivity index (χ3n) is 2.72. The number of thiazole rings is 1. The van der Waals surface area contributed by atoms with E-state index in [1.807, 2.05) is 0 Å². The van der Waals surface area contributed by atoms with E-state index in [1.165, 1.54) is 0 Å².